The highest BCUT2D eigenvalue weighted by Gasteiger charge is 1.93. The lowest BCUT2D eigenvalue weighted by Crippen LogP contribution is -1.87. The number of rotatable bonds is 3. The zero-order valence-corrected chi connectivity index (χ0v) is 7.71. The van der Waals surface area contributed by atoms with Crippen LogP contribution < -0.4 is 4.72 Å². The Morgan fingerprint density at radius 3 is 2.77 bits per heavy atom. The number of nitrogens with zero attached hydrogens (tertiary/aromatic N) is 1. The van der Waals surface area contributed by atoms with Gasteiger partial charge in [-0.25, -0.2) is 4.98 Å². The molecule has 0 fully saturated rings. The van der Waals surface area contributed by atoms with Gasteiger partial charge in [0.15, 0.2) is 0 Å². The van der Waals surface area contributed by atoms with Crippen molar-refractivity contribution in [1.29, 1.82) is 0 Å². The molecule has 0 aliphatic heterocycles. The van der Waals surface area contributed by atoms with E-state index in [1.54, 1.807) is 12.4 Å². The molecule has 3 nitrogen and oxygen atoms in total. The molecule has 1 heterocycles. The summed E-state index contributed by atoms with van der Waals surface area (Å²) >= 11 is 1.53. The van der Waals surface area contributed by atoms with Gasteiger partial charge in [-0.2, -0.15) is 0 Å². The standard InChI is InChI=1S/C9H9N3S/c1-2-4-8(5-3-1)13-12-9-10-6-7-11-9/h1-7H,(H2,10,11,12). The molecule has 0 aliphatic rings. The van der Waals surface area contributed by atoms with Gasteiger partial charge in [0.05, 0.1) is 0 Å². The Labute approximate surface area is 80.7 Å². The van der Waals surface area contributed by atoms with E-state index >= 15 is 0 Å². The number of aromatic nitrogens is 2. The van der Waals surface area contributed by atoms with Crippen LogP contribution >= 0.6 is 11.9 Å². The molecule has 0 bridgehead atoms. The van der Waals surface area contributed by atoms with Crippen LogP contribution in [0.4, 0.5) is 5.95 Å². The van der Waals surface area contributed by atoms with E-state index in [0.29, 0.717) is 0 Å². The molecular weight excluding hydrogens is 182 g/mol. The lowest BCUT2D eigenvalue weighted by Gasteiger charge is -2.00. The summed E-state index contributed by atoms with van der Waals surface area (Å²) in [5, 5.41) is 0. The van der Waals surface area contributed by atoms with Gasteiger partial charge >= 0.3 is 0 Å². The van der Waals surface area contributed by atoms with Crippen molar-refractivity contribution >= 4 is 17.9 Å². The molecule has 0 amide bonds. The van der Waals surface area contributed by atoms with Crippen LogP contribution in [0.2, 0.25) is 0 Å². The predicted molar refractivity (Wildman–Crippen MR) is 54.5 cm³/mol. The summed E-state index contributed by atoms with van der Waals surface area (Å²) in [6.45, 7) is 0. The van der Waals surface area contributed by atoms with Crippen LogP contribution in [0.1, 0.15) is 0 Å². The number of hydrogen-bond acceptors (Lipinski definition) is 3. The van der Waals surface area contributed by atoms with Gasteiger partial charge in [-0.05, 0) is 24.1 Å². The minimum absolute atomic E-state index is 0.772. The smallest absolute Gasteiger partial charge is 0.210 e. The van der Waals surface area contributed by atoms with Crippen LogP contribution in [0.25, 0.3) is 0 Å². The third kappa shape index (κ3) is 2.26. The van der Waals surface area contributed by atoms with Crippen molar-refractivity contribution in [2.75, 3.05) is 4.72 Å². The maximum absolute atomic E-state index is 4.04. The number of aromatic amines is 1. The number of hydrogen-bond donors (Lipinski definition) is 2. The fourth-order valence-electron chi connectivity index (χ4n) is 0.917. The first-order chi connectivity index (χ1) is 6.45. The molecule has 0 spiro atoms. The summed E-state index contributed by atoms with van der Waals surface area (Å²) in [4.78, 5) is 8.17. The van der Waals surface area contributed by atoms with Gasteiger partial charge in [-0.15, -0.1) is 0 Å². The summed E-state index contributed by atoms with van der Waals surface area (Å²) in [6.07, 6.45) is 3.50. The van der Waals surface area contributed by atoms with Crippen molar-refractivity contribution in [3.63, 3.8) is 0 Å². The highest BCUT2D eigenvalue weighted by Crippen LogP contribution is 2.17. The largest absolute Gasteiger partial charge is 0.330 e. The Kier molecular flexibility index (Phi) is 2.52. The van der Waals surface area contributed by atoms with E-state index in [1.807, 2.05) is 30.3 Å². The molecule has 1 aromatic carbocycles. The molecule has 4 heteroatoms. The van der Waals surface area contributed by atoms with E-state index in [2.05, 4.69) is 14.7 Å². The minimum Gasteiger partial charge on any atom is -0.330 e. The molecule has 0 saturated carbocycles. The molecule has 0 saturated heterocycles. The van der Waals surface area contributed by atoms with E-state index in [9.17, 15) is 0 Å². The monoisotopic (exact) mass is 191 g/mol. The Morgan fingerprint density at radius 1 is 1.23 bits per heavy atom. The molecule has 66 valence electrons. The second-order valence-electron chi connectivity index (χ2n) is 2.45. The van der Waals surface area contributed by atoms with Crippen molar-refractivity contribution in [1.82, 2.24) is 9.97 Å². The van der Waals surface area contributed by atoms with Gasteiger partial charge in [0.2, 0.25) is 5.95 Å². The Morgan fingerprint density at radius 2 is 2.08 bits per heavy atom. The molecule has 2 aromatic rings. The molecule has 2 N–H and O–H groups in total. The number of nitrogens with one attached hydrogen (secondary N) is 2. The summed E-state index contributed by atoms with van der Waals surface area (Å²) in [6, 6.07) is 10.1. The number of benzene rings is 1. The molecule has 0 radical (unpaired) electrons. The number of anilines is 1. The summed E-state index contributed by atoms with van der Waals surface area (Å²) in [5.74, 6) is 0.772. The van der Waals surface area contributed by atoms with Crippen LogP contribution in [0.5, 0.6) is 0 Å². The quantitative estimate of drug-likeness (QED) is 0.732. The third-order valence-electron chi connectivity index (χ3n) is 1.51. The third-order valence-corrected chi connectivity index (χ3v) is 2.31. The normalized spacial score (nSPS) is 9.85. The van der Waals surface area contributed by atoms with E-state index < -0.39 is 0 Å². The number of imidazole rings is 1. The molecule has 1 aromatic heterocycles. The van der Waals surface area contributed by atoms with Crippen molar-refractivity contribution in [2.24, 2.45) is 0 Å². The fraction of sp³-hybridized carbons (Fsp3) is 0. The van der Waals surface area contributed by atoms with Crippen LogP contribution in [-0.2, 0) is 0 Å². The zero-order valence-electron chi connectivity index (χ0n) is 6.90. The molecule has 2 rings (SSSR count). The first-order valence-corrected chi connectivity index (χ1v) is 4.74. The van der Waals surface area contributed by atoms with E-state index in [-0.39, 0.29) is 0 Å². The first-order valence-electron chi connectivity index (χ1n) is 3.92. The van der Waals surface area contributed by atoms with Crippen molar-refractivity contribution < 1.29 is 0 Å². The molecule has 0 atom stereocenters. The minimum atomic E-state index is 0.772. The average molecular weight is 191 g/mol. The maximum atomic E-state index is 4.04. The zero-order chi connectivity index (χ0) is 8.93. The predicted octanol–water partition coefficient (Wildman–Crippen LogP) is 2.53. The second kappa shape index (κ2) is 4.00. The summed E-state index contributed by atoms with van der Waals surface area (Å²) in [5.41, 5.74) is 0. The Bertz CT molecular complexity index is 344. The molecule has 0 aliphatic carbocycles. The van der Waals surface area contributed by atoms with Gasteiger partial charge in [-0.3, -0.25) is 4.72 Å². The van der Waals surface area contributed by atoms with Crippen molar-refractivity contribution in [2.45, 2.75) is 4.90 Å². The molecule has 0 unspecified atom stereocenters. The van der Waals surface area contributed by atoms with E-state index in [0.717, 1.165) is 5.95 Å². The average Bonchev–Trinajstić information content (AvgIpc) is 2.69. The Balaban J connectivity index is 1.94. The van der Waals surface area contributed by atoms with Gasteiger partial charge in [0.25, 0.3) is 0 Å². The van der Waals surface area contributed by atoms with Crippen LogP contribution in [0.3, 0.4) is 0 Å². The lowest BCUT2D eigenvalue weighted by atomic mass is 10.4. The lowest BCUT2D eigenvalue weighted by molar-refractivity contribution is 1.32. The van der Waals surface area contributed by atoms with Gasteiger partial charge in [0.1, 0.15) is 0 Å². The molecule has 13 heavy (non-hydrogen) atoms. The van der Waals surface area contributed by atoms with Crippen LogP contribution in [0, 0.1) is 0 Å². The maximum Gasteiger partial charge on any atom is 0.210 e. The van der Waals surface area contributed by atoms with E-state index in [1.165, 1.54) is 16.8 Å². The fourth-order valence-corrected chi connectivity index (χ4v) is 1.54. The van der Waals surface area contributed by atoms with E-state index in [4.69, 9.17) is 0 Å². The highest BCUT2D eigenvalue weighted by molar-refractivity contribution is 8.00. The Hall–Kier alpha value is -1.42. The van der Waals surface area contributed by atoms with Crippen molar-refractivity contribution in [3.8, 4) is 0 Å². The number of H-pyrrole nitrogens is 1. The van der Waals surface area contributed by atoms with Gasteiger partial charge in [-0.1, -0.05) is 18.2 Å². The van der Waals surface area contributed by atoms with Crippen LogP contribution in [-0.4, -0.2) is 9.97 Å². The summed E-state index contributed by atoms with van der Waals surface area (Å²) in [7, 11) is 0. The first kappa shape index (κ1) is 8.19. The summed E-state index contributed by atoms with van der Waals surface area (Å²) < 4.78 is 3.09. The second-order valence-corrected chi connectivity index (χ2v) is 3.33. The van der Waals surface area contributed by atoms with Gasteiger partial charge in [0, 0.05) is 17.3 Å². The van der Waals surface area contributed by atoms with Crippen LogP contribution in [0.15, 0.2) is 47.6 Å². The topological polar surface area (TPSA) is 40.7 Å². The molecular formula is C9H9N3S. The van der Waals surface area contributed by atoms with Gasteiger partial charge < -0.3 is 4.98 Å². The SMILES string of the molecule is c1ccc(SNc2ncc[nH]2)cc1. The highest BCUT2D eigenvalue weighted by atomic mass is 32.2. The van der Waals surface area contributed by atoms with Crippen molar-refractivity contribution in [3.05, 3.63) is 42.7 Å².